The minimum Gasteiger partial charge on any atom is -0.497 e. The standard InChI is InChI=1S/C22H19ClO5/c1-14-9-18(23)6-8-21(14)27-13-22(25)28-12-20(24)17-4-3-16-11-19(26-2)7-5-15(16)10-17/h3-11H,12-13H2,1-2H3. The number of aryl methyl sites for hydroxylation is 1. The Morgan fingerprint density at radius 2 is 1.68 bits per heavy atom. The van der Waals surface area contributed by atoms with Crippen LogP contribution < -0.4 is 9.47 Å². The third-order valence-corrected chi connectivity index (χ3v) is 4.45. The molecule has 0 aliphatic carbocycles. The third-order valence-electron chi connectivity index (χ3n) is 4.22. The number of carbonyl (C=O) groups is 2. The summed E-state index contributed by atoms with van der Waals surface area (Å²) in [4.78, 5) is 24.2. The van der Waals surface area contributed by atoms with Gasteiger partial charge < -0.3 is 14.2 Å². The molecule has 28 heavy (non-hydrogen) atoms. The zero-order valence-corrected chi connectivity index (χ0v) is 16.3. The largest absolute Gasteiger partial charge is 0.497 e. The van der Waals surface area contributed by atoms with Crippen molar-refractivity contribution in [3.8, 4) is 11.5 Å². The van der Waals surface area contributed by atoms with Crippen LogP contribution in [0.1, 0.15) is 15.9 Å². The van der Waals surface area contributed by atoms with Crippen LogP contribution in [0.15, 0.2) is 54.6 Å². The van der Waals surface area contributed by atoms with Crippen molar-refractivity contribution in [2.45, 2.75) is 6.92 Å². The number of carbonyl (C=O) groups excluding carboxylic acids is 2. The smallest absolute Gasteiger partial charge is 0.344 e. The van der Waals surface area contributed by atoms with Gasteiger partial charge in [0.2, 0.25) is 0 Å². The van der Waals surface area contributed by atoms with E-state index in [4.69, 9.17) is 25.8 Å². The van der Waals surface area contributed by atoms with Crippen molar-refractivity contribution in [3.63, 3.8) is 0 Å². The van der Waals surface area contributed by atoms with Crippen LogP contribution in [-0.2, 0) is 9.53 Å². The van der Waals surface area contributed by atoms with E-state index in [0.717, 1.165) is 22.1 Å². The van der Waals surface area contributed by atoms with Crippen LogP contribution in [-0.4, -0.2) is 32.1 Å². The highest BCUT2D eigenvalue weighted by molar-refractivity contribution is 6.30. The summed E-state index contributed by atoms with van der Waals surface area (Å²) < 4.78 is 15.6. The fourth-order valence-corrected chi connectivity index (χ4v) is 2.93. The Balaban J connectivity index is 1.55. The van der Waals surface area contributed by atoms with Crippen LogP contribution in [0.3, 0.4) is 0 Å². The molecule has 0 radical (unpaired) electrons. The van der Waals surface area contributed by atoms with Gasteiger partial charge in [0.15, 0.2) is 19.0 Å². The Labute approximate surface area is 167 Å². The number of rotatable bonds is 7. The maximum Gasteiger partial charge on any atom is 0.344 e. The molecular weight excluding hydrogens is 380 g/mol. The van der Waals surface area contributed by atoms with Crippen molar-refractivity contribution < 1.29 is 23.8 Å². The van der Waals surface area contributed by atoms with E-state index in [0.29, 0.717) is 16.3 Å². The second kappa shape index (κ2) is 8.76. The number of benzene rings is 3. The van der Waals surface area contributed by atoms with Gasteiger partial charge in [0, 0.05) is 10.6 Å². The van der Waals surface area contributed by atoms with Crippen molar-refractivity contribution >= 4 is 34.1 Å². The molecule has 3 aromatic carbocycles. The highest BCUT2D eigenvalue weighted by Gasteiger charge is 2.12. The lowest BCUT2D eigenvalue weighted by atomic mass is 10.0. The number of hydrogen-bond acceptors (Lipinski definition) is 5. The molecule has 0 unspecified atom stereocenters. The summed E-state index contributed by atoms with van der Waals surface area (Å²) in [5.74, 6) is 0.385. The van der Waals surface area contributed by atoms with Crippen molar-refractivity contribution in [2.75, 3.05) is 20.3 Å². The van der Waals surface area contributed by atoms with Gasteiger partial charge >= 0.3 is 5.97 Å². The summed E-state index contributed by atoms with van der Waals surface area (Å²) in [5.41, 5.74) is 1.28. The van der Waals surface area contributed by atoms with Gasteiger partial charge in [-0.25, -0.2) is 4.79 Å². The monoisotopic (exact) mass is 398 g/mol. The Kier molecular flexibility index (Phi) is 6.16. The summed E-state index contributed by atoms with van der Waals surface area (Å²) in [5, 5.41) is 2.45. The summed E-state index contributed by atoms with van der Waals surface area (Å²) in [6, 6.07) is 16.0. The van der Waals surface area contributed by atoms with Gasteiger partial charge in [-0.2, -0.15) is 0 Å². The van der Waals surface area contributed by atoms with E-state index < -0.39 is 5.97 Å². The lowest BCUT2D eigenvalue weighted by Crippen LogP contribution is -2.19. The second-order valence-electron chi connectivity index (χ2n) is 6.21. The highest BCUT2D eigenvalue weighted by Crippen LogP contribution is 2.23. The van der Waals surface area contributed by atoms with E-state index in [1.807, 2.05) is 31.2 Å². The average Bonchev–Trinajstić information content (AvgIpc) is 2.70. The van der Waals surface area contributed by atoms with Gasteiger partial charge in [-0.3, -0.25) is 4.79 Å². The van der Waals surface area contributed by atoms with Gasteiger partial charge in [0.1, 0.15) is 11.5 Å². The fraction of sp³-hybridized carbons (Fsp3) is 0.182. The van der Waals surface area contributed by atoms with Gasteiger partial charge in [-0.1, -0.05) is 29.8 Å². The number of ether oxygens (including phenoxy) is 3. The Hall–Kier alpha value is -3.05. The van der Waals surface area contributed by atoms with E-state index in [-0.39, 0.29) is 19.0 Å². The number of methoxy groups -OCH3 is 1. The number of halogens is 1. The molecule has 0 aliphatic rings. The van der Waals surface area contributed by atoms with Crippen molar-refractivity contribution in [1.82, 2.24) is 0 Å². The molecular formula is C22H19ClO5. The van der Waals surface area contributed by atoms with Gasteiger partial charge in [-0.15, -0.1) is 0 Å². The minimum atomic E-state index is -0.617. The first kappa shape index (κ1) is 19.7. The lowest BCUT2D eigenvalue weighted by Gasteiger charge is -2.09. The molecule has 0 saturated carbocycles. The molecule has 0 bridgehead atoms. The minimum absolute atomic E-state index is 0.284. The molecule has 0 aromatic heterocycles. The predicted molar refractivity (Wildman–Crippen MR) is 107 cm³/mol. The molecule has 0 saturated heterocycles. The summed E-state index contributed by atoms with van der Waals surface area (Å²) in [7, 11) is 1.60. The Bertz CT molecular complexity index is 1030. The van der Waals surface area contributed by atoms with Crippen molar-refractivity contribution in [2.24, 2.45) is 0 Å². The van der Waals surface area contributed by atoms with Crippen LogP contribution in [0.25, 0.3) is 10.8 Å². The van der Waals surface area contributed by atoms with Crippen LogP contribution in [0.2, 0.25) is 5.02 Å². The van der Waals surface area contributed by atoms with E-state index >= 15 is 0 Å². The fourth-order valence-electron chi connectivity index (χ4n) is 2.71. The molecule has 3 rings (SSSR count). The third kappa shape index (κ3) is 4.81. The molecule has 0 atom stereocenters. The number of Topliss-reactive ketones (excluding diaryl/α,β-unsaturated/α-hetero) is 1. The van der Waals surface area contributed by atoms with Crippen LogP contribution >= 0.6 is 11.6 Å². The maximum absolute atomic E-state index is 12.3. The second-order valence-corrected chi connectivity index (χ2v) is 6.65. The van der Waals surface area contributed by atoms with Crippen molar-refractivity contribution in [3.05, 3.63) is 70.7 Å². The Morgan fingerprint density at radius 3 is 2.43 bits per heavy atom. The molecule has 0 aliphatic heterocycles. The molecule has 0 spiro atoms. The topological polar surface area (TPSA) is 61.8 Å². The van der Waals surface area contributed by atoms with Crippen LogP contribution in [0.4, 0.5) is 0 Å². The van der Waals surface area contributed by atoms with Gasteiger partial charge in [0.05, 0.1) is 7.11 Å². The molecule has 6 heteroatoms. The van der Waals surface area contributed by atoms with Crippen molar-refractivity contribution in [1.29, 1.82) is 0 Å². The summed E-state index contributed by atoms with van der Waals surface area (Å²) in [6.45, 7) is 1.20. The first-order chi connectivity index (χ1) is 13.5. The molecule has 3 aromatic rings. The zero-order chi connectivity index (χ0) is 20.1. The van der Waals surface area contributed by atoms with Gasteiger partial charge in [-0.05, 0) is 59.7 Å². The number of fused-ring (bicyclic) bond motifs is 1. The molecule has 0 amide bonds. The number of esters is 1. The van der Waals surface area contributed by atoms with Crippen LogP contribution in [0.5, 0.6) is 11.5 Å². The average molecular weight is 399 g/mol. The lowest BCUT2D eigenvalue weighted by molar-refractivity contribution is -0.144. The maximum atomic E-state index is 12.3. The molecule has 144 valence electrons. The summed E-state index contributed by atoms with van der Waals surface area (Å²) >= 11 is 5.88. The van der Waals surface area contributed by atoms with E-state index in [9.17, 15) is 9.59 Å². The first-order valence-corrected chi connectivity index (χ1v) is 8.99. The van der Waals surface area contributed by atoms with Crippen LogP contribution in [0, 0.1) is 6.92 Å². The normalized spacial score (nSPS) is 10.5. The highest BCUT2D eigenvalue weighted by atomic mass is 35.5. The predicted octanol–water partition coefficient (Wildman–Crippen LogP) is 4.62. The first-order valence-electron chi connectivity index (χ1n) is 8.62. The molecule has 0 N–H and O–H groups in total. The van der Waals surface area contributed by atoms with Gasteiger partial charge in [0.25, 0.3) is 0 Å². The van der Waals surface area contributed by atoms with E-state index in [2.05, 4.69) is 0 Å². The number of ketones is 1. The zero-order valence-electron chi connectivity index (χ0n) is 15.5. The molecule has 0 fully saturated rings. The number of hydrogen-bond donors (Lipinski definition) is 0. The molecule has 5 nitrogen and oxygen atoms in total. The quantitative estimate of drug-likeness (QED) is 0.429. The summed E-state index contributed by atoms with van der Waals surface area (Å²) in [6.07, 6.45) is 0. The molecule has 0 heterocycles. The van der Waals surface area contributed by atoms with E-state index in [1.165, 1.54) is 0 Å². The van der Waals surface area contributed by atoms with E-state index in [1.54, 1.807) is 37.4 Å². The Morgan fingerprint density at radius 1 is 0.929 bits per heavy atom. The SMILES string of the molecule is COc1ccc2cc(C(=O)COC(=O)COc3ccc(Cl)cc3C)ccc2c1.